The van der Waals surface area contributed by atoms with Gasteiger partial charge in [0.15, 0.2) is 0 Å². The van der Waals surface area contributed by atoms with Crippen LogP contribution in [0.1, 0.15) is 12.8 Å². The lowest BCUT2D eigenvalue weighted by Gasteiger charge is -2.10. The van der Waals surface area contributed by atoms with E-state index in [1.54, 1.807) is 0 Å². The van der Waals surface area contributed by atoms with Crippen molar-refractivity contribution in [2.45, 2.75) is 16.6 Å². The van der Waals surface area contributed by atoms with Crippen molar-refractivity contribution in [3.05, 3.63) is 0 Å². The highest BCUT2D eigenvalue weighted by Gasteiger charge is 2.22. The summed E-state index contributed by atoms with van der Waals surface area (Å²) in [7, 11) is 0. The largest absolute Gasteiger partial charge is 0.481 e. The molecular formula is C6H7Cl3O4. The molecule has 0 aliphatic rings. The number of hydrogen-bond donors (Lipinski definition) is 1. The number of carboxylic acid groups (broad SMARTS) is 1. The molecule has 0 bridgehead atoms. The van der Waals surface area contributed by atoms with Crippen LogP contribution in [0.3, 0.4) is 0 Å². The van der Waals surface area contributed by atoms with Crippen LogP contribution in [0.25, 0.3) is 0 Å². The number of ether oxygens (including phenoxy) is 1. The highest BCUT2D eigenvalue weighted by atomic mass is 35.6. The van der Waals surface area contributed by atoms with Crippen LogP contribution in [0.4, 0.5) is 0 Å². The summed E-state index contributed by atoms with van der Waals surface area (Å²) >= 11 is 15.8. The molecule has 0 radical (unpaired) electrons. The van der Waals surface area contributed by atoms with Gasteiger partial charge in [0.25, 0.3) is 0 Å². The van der Waals surface area contributed by atoms with Gasteiger partial charge >= 0.3 is 11.9 Å². The Balaban J connectivity index is 3.58. The third kappa shape index (κ3) is 9.73. The number of carbonyl (C=O) groups is 2. The first kappa shape index (κ1) is 12.8. The van der Waals surface area contributed by atoms with Gasteiger partial charge in [0, 0.05) is 0 Å². The Labute approximate surface area is 89.7 Å². The molecule has 0 aromatic rings. The number of alkyl halides is 3. The van der Waals surface area contributed by atoms with Gasteiger partial charge in [-0.3, -0.25) is 9.59 Å². The predicted molar refractivity (Wildman–Crippen MR) is 48.1 cm³/mol. The third-order valence-electron chi connectivity index (χ3n) is 0.940. The van der Waals surface area contributed by atoms with Crippen molar-refractivity contribution in [3.8, 4) is 0 Å². The fourth-order valence-corrected chi connectivity index (χ4v) is 0.607. The van der Waals surface area contributed by atoms with Crippen LogP contribution in [0, 0.1) is 0 Å². The quantitative estimate of drug-likeness (QED) is 0.609. The van der Waals surface area contributed by atoms with Crippen molar-refractivity contribution in [1.29, 1.82) is 0 Å². The van der Waals surface area contributed by atoms with Crippen LogP contribution >= 0.6 is 34.8 Å². The fraction of sp³-hybridized carbons (Fsp3) is 0.667. The number of carboxylic acids is 1. The molecule has 0 aromatic heterocycles. The van der Waals surface area contributed by atoms with Crippen LogP contribution in [0.2, 0.25) is 0 Å². The molecule has 7 heteroatoms. The standard InChI is InChI=1S/C6H7Cl3O4/c7-6(8,9)3-13-5(12)2-1-4(10)11/h1-3H2,(H,10,11). The molecule has 0 saturated carbocycles. The van der Waals surface area contributed by atoms with Gasteiger partial charge in [-0.1, -0.05) is 34.8 Å². The van der Waals surface area contributed by atoms with Crippen molar-refractivity contribution in [1.82, 2.24) is 0 Å². The van der Waals surface area contributed by atoms with E-state index < -0.39 is 15.7 Å². The molecule has 0 rings (SSSR count). The molecule has 0 aliphatic heterocycles. The summed E-state index contributed by atoms with van der Waals surface area (Å²) in [6.07, 6.45) is -0.519. The van der Waals surface area contributed by atoms with Crippen LogP contribution in [-0.2, 0) is 14.3 Å². The van der Waals surface area contributed by atoms with Crippen molar-refractivity contribution in [3.63, 3.8) is 0 Å². The van der Waals surface area contributed by atoms with E-state index >= 15 is 0 Å². The minimum absolute atomic E-state index is 0.226. The van der Waals surface area contributed by atoms with E-state index in [2.05, 4.69) is 4.74 Å². The summed E-state index contributed by atoms with van der Waals surface area (Å²) < 4.78 is 2.80. The van der Waals surface area contributed by atoms with Gasteiger partial charge < -0.3 is 9.84 Å². The number of carbonyl (C=O) groups excluding carboxylic acids is 1. The van der Waals surface area contributed by atoms with Crippen LogP contribution < -0.4 is 0 Å². The van der Waals surface area contributed by atoms with Gasteiger partial charge in [0.05, 0.1) is 12.8 Å². The van der Waals surface area contributed by atoms with Crippen molar-refractivity contribution >= 4 is 46.7 Å². The molecule has 1 N–H and O–H groups in total. The van der Waals surface area contributed by atoms with Gasteiger partial charge in [0.1, 0.15) is 6.61 Å². The van der Waals surface area contributed by atoms with Crippen molar-refractivity contribution in [2.24, 2.45) is 0 Å². The van der Waals surface area contributed by atoms with Gasteiger partial charge in [-0.25, -0.2) is 0 Å². The maximum Gasteiger partial charge on any atom is 0.306 e. The number of esters is 1. The minimum atomic E-state index is -1.65. The Morgan fingerprint density at radius 3 is 2.15 bits per heavy atom. The zero-order valence-corrected chi connectivity index (χ0v) is 8.69. The summed E-state index contributed by atoms with van der Waals surface area (Å²) in [6, 6.07) is 0. The Morgan fingerprint density at radius 1 is 1.23 bits per heavy atom. The smallest absolute Gasteiger partial charge is 0.306 e. The van der Waals surface area contributed by atoms with Gasteiger partial charge in [0.2, 0.25) is 3.79 Å². The summed E-state index contributed by atoms with van der Waals surface area (Å²) in [5.41, 5.74) is 0. The lowest BCUT2D eigenvalue weighted by molar-refractivity contribution is -0.147. The number of halogens is 3. The lowest BCUT2D eigenvalue weighted by atomic mass is 10.3. The van der Waals surface area contributed by atoms with E-state index in [1.165, 1.54) is 0 Å². The molecule has 0 saturated heterocycles. The van der Waals surface area contributed by atoms with Crippen LogP contribution in [0.5, 0.6) is 0 Å². The normalized spacial score (nSPS) is 11.0. The topological polar surface area (TPSA) is 63.6 Å². The van der Waals surface area contributed by atoms with E-state index in [1.807, 2.05) is 0 Å². The van der Waals surface area contributed by atoms with Crippen molar-refractivity contribution in [2.75, 3.05) is 6.61 Å². The number of aliphatic carboxylic acids is 1. The molecule has 0 spiro atoms. The highest BCUT2D eigenvalue weighted by Crippen LogP contribution is 2.25. The second kappa shape index (κ2) is 5.52. The molecule has 13 heavy (non-hydrogen) atoms. The molecule has 0 unspecified atom stereocenters. The Morgan fingerprint density at radius 2 is 1.77 bits per heavy atom. The Hall–Kier alpha value is -0.190. The molecule has 4 nitrogen and oxygen atoms in total. The molecule has 0 atom stereocenters. The van der Waals surface area contributed by atoms with E-state index in [0.717, 1.165) is 0 Å². The average molecular weight is 249 g/mol. The SMILES string of the molecule is O=C(O)CCC(=O)OCC(Cl)(Cl)Cl. The Kier molecular flexibility index (Phi) is 5.44. The second-order valence-corrected chi connectivity index (χ2v) is 4.69. The maximum absolute atomic E-state index is 10.7. The summed E-state index contributed by atoms with van der Waals surface area (Å²) in [6.45, 7) is -0.379. The third-order valence-corrected chi connectivity index (χ3v) is 1.27. The molecular weight excluding hydrogens is 242 g/mol. The van der Waals surface area contributed by atoms with E-state index in [-0.39, 0.29) is 19.4 Å². The first-order valence-corrected chi connectivity index (χ1v) is 4.39. The maximum atomic E-state index is 10.7. The summed E-state index contributed by atoms with van der Waals surface area (Å²) in [4.78, 5) is 20.8. The zero-order valence-electron chi connectivity index (χ0n) is 6.43. The Bertz CT molecular complexity index is 199. The lowest BCUT2D eigenvalue weighted by Crippen LogP contribution is -2.17. The fourth-order valence-electron chi connectivity index (χ4n) is 0.443. The molecule has 76 valence electrons. The molecule has 0 amide bonds. The minimum Gasteiger partial charge on any atom is -0.481 e. The van der Waals surface area contributed by atoms with Gasteiger partial charge in [-0.2, -0.15) is 0 Å². The first-order valence-electron chi connectivity index (χ1n) is 3.25. The number of rotatable bonds is 4. The van der Waals surface area contributed by atoms with E-state index in [0.29, 0.717) is 0 Å². The predicted octanol–water partition coefficient (Wildman–Crippen LogP) is 1.76. The van der Waals surface area contributed by atoms with Gasteiger partial charge in [-0.15, -0.1) is 0 Å². The van der Waals surface area contributed by atoms with Crippen LogP contribution in [0.15, 0.2) is 0 Å². The summed E-state index contributed by atoms with van der Waals surface area (Å²) in [5, 5.41) is 8.20. The average Bonchev–Trinajstić information content (AvgIpc) is 1.95. The van der Waals surface area contributed by atoms with Crippen molar-refractivity contribution < 1.29 is 19.4 Å². The second-order valence-electron chi connectivity index (χ2n) is 2.17. The summed E-state index contributed by atoms with van der Waals surface area (Å²) in [5.74, 6) is -1.78. The van der Waals surface area contributed by atoms with Gasteiger partial charge in [-0.05, 0) is 0 Å². The molecule has 0 aliphatic carbocycles. The van der Waals surface area contributed by atoms with E-state index in [9.17, 15) is 9.59 Å². The van der Waals surface area contributed by atoms with Crippen LogP contribution in [-0.4, -0.2) is 27.4 Å². The number of hydrogen-bond acceptors (Lipinski definition) is 3. The highest BCUT2D eigenvalue weighted by molar-refractivity contribution is 6.67. The first-order chi connectivity index (χ1) is 5.81. The molecule has 0 fully saturated rings. The molecule has 0 aromatic carbocycles. The monoisotopic (exact) mass is 248 g/mol. The molecule has 0 heterocycles. The van der Waals surface area contributed by atoms with E-state index in [4.69, 9.17) is 39.9 Å². The zero-order chi connectivity index (χ0) is 10.5.